The summed E-state index contributed by atoms with van der Waals surface area (Å²) in [5.74, 6) is -0.950. The van der Waals surface area contributed by atoms with Gasteiger partial charge in [0.15, 0.2) is 6.10 Å². The van der Waals surface area contributed by atoms with Crippen molar-refractivity contribution in [2.75, 3.05) is 13.2 Å². The van der Waals surface area contributed by atoms with Crippen LogP contribution in [0.5, 0.6) is 0 Å². The van der Waals surface area contributed by atoms with Gasteiger partial charge in [-0.25, -0.2) is 0 Å². The summed E-state index contributed by atoms with van der Waals surface area (Å²) in [6.07, 6.45) is 51.5. The van der Waals surface area contributed by atoms with Crippen molar-refractivity contribution in [2.24, 2.45) is 0 Å². The van der Waals surface area contributed by atoms with Gasteiger partial charge in [0.2, 0.25) is 0 Å². The Morgan fingerprint density at radius 1 is 0.357 bits per heavy atom. The van der Waals surface area contributed by atoms with Gasteiger partial charge < -0.3 is 14.2 Å². The van der Waals surface area contributed by atoms with Crippen molar-refractivity contribution >= 4 is 17.9 Å². The molecular weight excluding hydrogens is 697 g/mol. The molecule has 0 bridgehead atoms. The minimum Gasteiger partial charge on any atom is -0.462 e. The molecule has 0 fully saturated rings. The Balaban J connectivity index is 4.30. The van der Waals surface area contributed by atoms with E-state index in [4.69, 9.17) is 14.2 Å². The van der Waals surface area contributed by atoms with Gasteiger partial charge in [-0.2, -0.15) is 0 Å². The summed E-state index contributed by atoms with van der Waals surface area (Å²) in [6.45, 7) is 6.51. The first-order chi connectivity index (χ1) is 27.5. The monoisotopic (exact) mass is 787 g/mol. The number of carbonyl (C=O) groups excluding carboxylic acids is 3. The first-order valence-electron chi connectivity index (χ1n) is 24.0. The summed E-state index contributed by atoms with van der Waals surface area (Å²) in [5.41, 5.74) is 0. The molecule has 0 rings (SSSR count). The number of allylic oxidation sites excluding steroid dienone is 6. The second-order valence-corrected chi connectivity index (χ2v) is 16.0. The number of rotatable bonds is 43. The van der Waals surface area contributed by atoms with Gasteiger partial charge in [-0.3, -0.25) is 14.4 Å². The molecule has 6 nitrogen and oxygen atoms in total. The van der Waals surface area contributed by atoms with Crippen LogP contribution in [0.4, 0.5) is 0 Å². The fourth-order valence-corrected chi connectivity index (χ4v) is 6.72. The lowest BCUT2D eigenvalue weighted by molar-refractivity contribution is -0.167. The van der Waals surface area contributed by atoms with Crippen LogP contribution in [-0.4, -0.2) is 37.2 Å². The second-order valence-electron chi connectivity index (χ2n) is 16.0. The van der Waals surface area contributed by atoms with Crippen molar-refractivity contribution in [1.29, 1.82) is 0 Å². The molecule has 0 saturated carbocycles. The predicted molar refractivity (Wildman–Crippen MR) is 238 cm³/mol. The highest BCUT2D eigenvalue weighted by atomic mass is 16.6. The van der Waals surface area contributed by atoms with Gasteiger partial charge in [0.05, 0.1) is 0 Å². The molecule has 56 heavy (non-hydrogen) atoms. The van der Waals surface area contributed by atoms with E-state index in [1.807, 2.05) is 0 Å². The Labute approximate surface area is 346 Å². The second kappa shape index (κ2) is 45.3. The molecule has 0 aromatic carbocycles. The van der Waals surface area contributed by atoms with E-state index in [0.717, 1.165) is 64.2 Å². The molecule has 0 spiro atoms. The Kier molecular flexibility index (Phi) is 43.4. The molecule has 0 heterocycles. The summed E-state index contributed by atoms with van der Waals surface area (Å²) in [4.78, 5) is 37.7. The number of ether oxygens (including phenoxy) is 3. The van der Waals surface area contributed by atoms with Gasteiger partial charge in [-0.1, -0.05) is 205 Å². The molecular formula is C50H90O6. The van der Waals surface area contributed by atoms with Crippen LogP contribution in [0.25, 0.3) is 0 Å². The van der Waals surface area contributed by atoms with E-state index in [-0.39, 0.29) is 31.1 Å². The molecule has 0 N–H and O–H groups in total. The van der Waals surface area contributed by atoms with E-state index < -0.39 is 6.10 Å². The van der Waals surface area contributed by atoms with Crippen molar-refractivity contribution in [3.63, 3.8) is 0 Å². The van der Waals surface area contributed by atoms with Crippen LogP contribution in [0, 0.1) is 0 Å². The van der Waals surface area contributed by atoms with Gasteiger partial charge in [-0.15, -0.1) is 0 Å². The van der Waals surface area contributed by atoms with Gasteiger partial charge >= 0.3 is 17.9 Å². The van der Waals surface area contributed by atoms with Gasteiger partial charge in [0.1, 0.15) is 13.2 Å². The average molecular weight is 787 g/mol. The number of carbonyl (C=O) groups is 3. The molecule has 326 valence electrons. The highest BCUT2D eigenvalue weighted by molar-refractivity contribution is 5.71. The van der Waals surface area contributed by atoms with Crippen LogP contribution in [0.1, 0.15) is 245 Å². The zero-order valence-corrected chi connectivity index (χ0v) is 37.2. The smallest absolute Gasteiger partial charge is 0.306 e. The van der Waals surface area contributed by atoms with Gasteiger partial charge in [-0.05, 0) is 57.8 Å². The lowest BCUT2D eigenvalue weighted by Crippen LogP contribution is -2.30. The third-order valence-corrected chi connectivity index (χ3v) is 10.4. The van der Waals surface area contributed by atoms with Crippen LogP contribution < -0.4 is 0 Å². The SMILES string of the molecule is CCCC/C=C\C=C/CCCCCC(=O)OC(COC(=O)CCC/C=C\CCCCCC)COC(=O)CCCCCCCCCCCCCCCCCCCC. The first-order valence-corrected chi connectivity index (χ1v) is 24.0. The van der Waals surface area contributed by atoms with E-state index in [1.165, 1.54) is 135 Å². The summed E-state index contributed by atoms with van der Waals surface area (Å²) in [5, 5.41) is 0. The Bertz CT molecular complexity index is 953. The molecule has 0 aliphatic rings. The van der Waals surface area contributed by atoms with E-state index in [9.17, 15) is 14.4 Å². The summed E-state index contributed by atoms with van der Waals surface area (Å²) >= 11 is 0. The Morgan fingerprint density at radius 2 is 0.679 bits per heavy atom. The van der Waals surface area contributed by atoms with Crippen LogP contribution in [0.3, 0.4) is 0 Å². The maximum Gasteiger partial charge on any atom is 0.306 e. The minimum absolute atomic E-state index is 0.0890. The first kappa shape index (κ1) is 53.6. The fraction of sp³-hybridized carbons (Fsp3) is 0.820. The normalized spacial score (nSPS) is 12.3. The van der Waals surface area contributed by atoms with E-state index in [2.05, 4.69) is 57.2 Å². The Morgan fingerprint density at radius 3 is 1.14 bits per heavy atom. The standard InChI is InChI=1S/C50H90O6/c1-4-7-10-13-16-19-21-22-23-24-25-26-27-29-31-34-37-40-43-49(52)55-46-47(45-54-48(51)42-39-36-33-30-18-15-12-9-6-3)56-50(53)44-41-38-35-32-28-20-17-14-11-8-5-2/h14,17,20,28,30,33,47H,4-13,15-16,18-19,21-27,29,31-32,34-46H2,1-3H3/b17-14-,28-20-,33-30-. The van der Waals surface area contributed by atoms with Crippen molar-refractivity contribution in [3.8, 4) is 0 Å². The molecule has 6 heteroatoms. The maximum absolute atomic E-state index is 12.7. The lowest BCUT2D eigenvalue weighted by atomic mass is 10.0. The topological polar surface area (TPSA) is 78.9 Å². The zero-order chi connectivity index (χ0) is 40.8. The van der Waals surface area contributed by atoms with Crippen molar-refractivity contribution in [1.82, 2.24) is 0 Å². The predicted octanol–water partition coefficient (Wildman–Crippen LogP) is 15.4. The molecule has 0 saturated heterocycles. The molecule has 0 aromatic rings. The minimum atomic E-state index is -0.791. The van der Waals surface area contributed by atoms with Crippen molar-refractivity contribution in [3.05, 3.63) is 36.5 Å². The molecule has 0 amide bonds. The van der Waals surface area contributed by atoms with Gasteiger partial charge in [0.25, 0.3) is 0 Å². The number of hydrogen-bond acceptors (Lipinski definition) is 6. The summed E-state index contributed by atoms with van der Waals surface area (Å²) in [6, 6.07) is 0. The third-order valence-electron chi connectivity index (χ3n) is 10.4. The molecule has 0 aliphatic carbocycles. The quantitative estimate of drug-likeness (QED) is 0.0201. The lowest BCUT2D eigenvalue weighted by Gasteiger charge is -2.18. The third kappa shape index (κ3) is 42.8. The Hall–Kier alpha value is -2.37. The fourth-order valence-electron chi connectivity index (χ4n) is 6.72. The highest BCUT2D eigenvalue weighted by Crippen LogP contribution is 2.15. The molecule has 0 aliphatic heterocycles. The molecule has 1 unspecified atom stereocenters. The van der Waals surface area contributed by atoms with E-state index in [1.54, 1.807) is 0 Å². The molecule has 0 radical (unpaired) electrons. The average Bonchev–Trinajstić information content (AvgIpc) is 3.19. The van der Waals surface area contributed by atoms with Crippen LogP contribution >= 0.6 is 0 Å². The highest BCUT2D eigenvalue weighted by Gasteiger charge is 2.19. The number of unbranched alkanes of at least 4 members (excludes halogenated alkanes) is 27. The van der Waals surface area contributed by atoms with Crippen molar-refractivity contribution < 1.29 is 28.6 Å². The summed E-state index contributed by atoms with van der Waals surface area (Å²) < 4.78 is 16.6. The van der Waals surface area contributed by atoms with E-state index in [0.29, 0.717) is 25.7 Å². The van der Waals surface area contributed by atoms with Crippen LogP contribution in [-0.2, 0) is 28.6 Å². The summed E-state index contributed by atoms with van der Waals surface area (Å²) in [7, 11) is 0. The number of hydrogen-bond donors (Lipinski definition) is 0. The van der Waals surface area contributed by atoms with Crippen molar-refractivity contribution in [2.45, 2.75) is 252 Å². The molecule has 0 aromatic heterocycles. The van der Waals surface area contributed by atoms with Crippen LogP contribution in [0.2, 0.25) is 0 Å². The van der Waals surface area contributed by atoms with E-state index >= 15 is 0 Å². The largest absolute Gasteiger partial charge is 0.462 e. The zero-order valence-electron chi connectivity index (χ0n) is 37.2. The maximum atomic E-state index is 12.7. The molecule has 1 atom stereocenters. The van der Waals surface area contributed by atoms with Crippen LogP contribution in [0.15, 0.2) is 36.5 Å². The number of esters is 3. The van der Waals surface area contributed by atoms with Gasteiger partial charge in [0, 0.05) is 19.3 Å².